The average molecular weight is 394 g/mol. The molecule has 28 heavy (non-hydrogen) atoms. The molecule has 2 amide bonds. The smallest absolute Gasteiger partial charge is 0.329 e. The zero-order valence-corrected chi connectivity index (χ0v) is 18.0. The summed E-state index contributed by atoms with van der Waals surface area (Å²) in [6.07, 6.45) is 3.06. The van der Waals surface area contributed by atoms with E-state index >= 15 is 0 Å². The van der Waals surface area contributed by atoms with Crippen LogP contribution < -0.4 is 5.73 Å². The number of esters is 1. The standard InChI is InChI=1S/C21H35N3O4/c1-7-28-19(27)14-13-10-8-9-12(13)11-23(14)18(26)16(20(2,3)4)24-17(25)15(22)21(24,5)6/h12-16H,7-11,22H2,1-6H3/t12-,13-,14-,15+,16+/m0/s1. The highest BCUT2D eigenvalue weighted by molar-refractivity contribution is 5.97. The molecule has 5 atom stereocenters. The first-order chi connectivity index (χ1) is 12.9. The molecule has 158 valence electrons. The Kier molecular flexibility index (Phi) is 5.28. The van der Waals surface area contributed by atoms with Gasteiger partial charge in [0.05, 0.1) is 12.1 Å². The first-order valence-corrected chi connectivity index (χ1v) is 10.5. The molecule has 0 bridgehead atoms. The van der Waals surface area contributed by atoms with Crippen LogP contribution >= 0.6 is 0 Å². The molecule has 2 heterocycles. The van der Waals surface area contributed by atoms with Gasteiger partial charge in [0, 0.05) is 6.54 Å². The van der Waals surface area contributed by atoms with Crippen molar-refractivity contribution in [3.05, 3.63) is 0 Å². The lowest BCUT2D eigenvalue weighted by molar-refractivity contribution is -0.178. The van der Waals surface area contributed by atoms with Gasteiger partial charge in [0.1, 0.15) is 18.1 Å². The Labute approximate surface area is 167 Å². The molecule has 0 aromatic carbocycles. The summed E-state index contributed by atoms with van der Waals surface area (Å²) >= 11 is 0. The van der Waals surface area contributed by atoms with Crippen molar-refractivity contribution in [2.75, 3.05) is 13.2 Å². The normalized spacial score (nSPS) is 32.8. The number of carbonyl (C=O) groups is 3. The summed E-state index contributed by atoms with van der Waals surface area (Å²) in [4.78, 5) is 42.5. The second-order valence-electron chi connectivity index (χ2n) is 10.2. The topological polar surface area (TPSA) is 92.9 Å². The van der Waals surface area contributed by atoms with Gasteiger partial charge in [-0.15, -0.1) is 0 Å². The summed E-state index contributed by atoms with van der Waals surface area (Å²) in [5, 5.41) is 0. The minimum Gasteiger partial charge on any atom is -0.464 e. The molecule has 0 radical (unpaired) electrons. The first kappa shape index (κ1) is 21.1. The monoisotopic (exact) mass is 393 g/mol. The maximum Gasteiger partial charge on any atom is 0.329 e. The summed E-state index contributed by atoms with van der Waals surface area (Å²) in [6.45, 7) is 12.3. The molecule has 3 fully saturated rings. The minimum absolute atomic E-state index is 0.158. The number of amides is 2. The van der Waals surface area contributed by atoms with Crippen molar-refractivity contribution in [2.24, 2.45) is 23.0 Å². The lowest BCUT2D eigenvalue weighted by atomic mass is 9.74. The Morgan fingerprint density at radius 1 is 1.29 bits per heavy atom. The van der Waals surface area contributed by atoms with Crippen molar-refractivity contribution in [1.82, 2.24) is 9.80 Å². The first-order valence-electron chi connectivity index (χ1n) is 10.5. The second kappa shape index (κ2) is 7.01. The van der Waals surface area contributed by atoms with Gasteiger partial charge in [0.25, 0.3) is 0 Å². The Bertz CT molecular complexity index is 669. The number of rotatable bonds is 4. The predicted molar refractivity (Wildman–Crippen MR) is 105 cm³/mol. The average Bonchev–Trinajstić information content (AvgIpc) is 3.17. The van der Waals surface area contributed by atoms with Crippen LogP contribution in [0.25, 0.3) is 0 Å². The van der Waals surface area contributed by atoms with Gasteiger partial charge in [-0.1, -0.05) is 27.2 Å². The van der Waals surface area contributed by atoms with Gasteiger partial charge >= 0.3 is 5.97 Å². The Morgan fingerprint density at radius 3 is 2.46 bits per heavy atom. The molecule has 3 rings (SSSR count). The van der Waals surface area contributed by atoms with Gasteiger partial charge in [0.15, 0.2) is 0 Å². The van der Waals surface area contributed by atoms with E-state index in [-0.39, 0.29) is 23.7 Å². The molecule has 7 heteroatoms. The van der Waals surface area contributed by atoms with Crippen LogP contribution in [0.5, 0.6) is 0 Å². The van der Waals surface area contributed by atoms with Crippen LogP contribution in [0.4, 0.5) is 0 Å². The van der Waals surface area contributed by atoms with Crippen molar-refractivity contribution in [2.45, 2.75) is 84.5 Å². The van der Waals surface area contributed by atoms with Gasteiger partial charge in [-0.05, 0) is 50.9 Å². The summed E-state index contributed by atoms with van der Waals surface area (Å²) in [6, 6.07) is -1.81. The molecule has 2 saturated heterocycles. The molecular formula is C21H35N3O4. The molecule has 3 aliphatic rings. The Hall–Kier alpha value is -1.63. The fourth-order valence-corrected chi connectivity index (χ4v) is 5.37. The molecular weight excluding hydrogens is 358 g/mol. The number of hydrogen-bond donors (Lipinski definition) is 1. The number of nitrogens with two attached hydrogens (primary N) is 1. The molecule has 1 saturated carbocycles. The molecule has 0 spiro atoms. The number of ether oxygens (including phenoxy) is 1. The van der Waals surface area contributed by atoms with Crippen molar-refractivity contribution in [3.8, 4) is 0 Å². The van der Waals surface area contributed by atoms with Gasteiger partial charge < -0.3 is 20.3 Å². The molecule has 0 aromatic heterocycles. The second-order valence-corrected chi connectivity index (χ2v) is 10.2. The van der Waals surface area contributed by atoms with E-state index in [4.69, 9.17) is 10.5 Å². The van der Waals surface area contributed by atoms with Crippen LogP contribution in [0.15, 0.2) is 0 Å². The molecule has 0 unspecified atom stereocenters. The minimum atomic E-state index is -0.662. The number of fused-ring (bicyclic) bond motifs is 1. The Balaban J connectivity index is 1.94. The van der Waals surface area contributed by atoms with Crippen molar-refractivity contribution < 1.29 is 19.1 Å². The highest BCUT2D eigenvalue weighted by atomic mass is 16.5. The van der Waals surface area contributed by atoms with Gasteiger partial charge in [-0.25, -0.2) is 4.79 Å². The molecule has 2 N–H and O–H groups in total. The third-order valence-electron chi connectivity index (χ3n) is 6.90. The maximum absolute atomic E-state index is 13.8. The van der Waals surface area contributed by atoms with Crippen molar-refractivity contribution >= 4 is 17.8 Å². The van der Waals surface area contributed by atoms with Crippen LogP contribution in [-0.4, -0.2) is 64.4 Å². The third kappa shape index (κ3) is 3.11. The van der Waals surface area contributed by atoms with Crippen molar-refractivity contribution in [3.63, 3.8) is 0 Å². The highest BCUT2D eigenvalue weighted by Crippen LogP contribution is 2.45. The van der Waals surface area contributed by atoms with Crippen LogP contribution in [0.1, 0.15) is 60.8 Å². The predicted octanol–water partition coefficient (Wildman–Crippen LogP) is 1.54. The van der Waals surface area contributed by atoms with E-state index < -0.39 is 29.1 Å². The summed E-state index contributed by atoms with van der Waals surface area (Å²) < 4.78 is 5.33. The van der Waals surface area contributed by atoms with E-state index in [1.54, 1.807) is 16.7 Å². The SMILES string of the molecule is CCOC(=O)[C@@H]1[C@H]2CCC[C@H]2CN1C(=O)[C@@H](N1C(=O)[C@@H](N)C1(C)C)C(C)(C)C. The number of hydrogen-bond acceptors (Lipinski definition) is 5. The summed E-state index contributed by atoms with van der Waals surface area (Å²) in [5.41, 5.74) is 4.94. The van der Waals surface area contributed by atoms with Gasteiger partial charge in [-0.3, -0.25) is 9.59 Å². The molecule has 2 aliphatic heterocycles. The molecule has 7 nitrogen and oxygen atoms in total. The van der Waals surface area contributed by atoms with Crippen LogP contribution in [0.2, 0.25) is 0 Å². The van der Waals surface area contributed by atoms with Crippen LogP contribution in [-0.2, 0) is 19.1 Å². The summed E-state index contributed by atoms with van der Waals surface area (Å²) in [7, 11) is 0. The zero-order chi connectivity index (χ0) is 21.0. The molecule has 0 aromatic rings. The number of likely N-dealkylation sites (tertiary alicyclic amines) is 2. The van der Waals surface area contributed by atoms with E-state index in [1.165, 1.54) is 0 Å². The van der Waals surface area contributed by atoms with E-state index in [2.05, 4.69) is 0 Å². The largest absolute Gasteiger partial charge is 0.464 e. The fourth-order valence-electron chi connectivity index (χ4n) is 5.37. The molecule has 1 aliphatic carbocycles. The number of carbonyl (C=O) groups excluding carboxylic acids is 3. The zero-order valence-electron chi connectivity index (χ0n) is 18.0. The van der Waals surface area contributed by atoms with E-state index in [9.17, 15) is 14.4 Å². The lowest BCUT2D eigenvalue weighted by Gasteiger charge is -2.58. The van der Waals surface area contributed by atoms with Gasteiger partial charge in [0.2, 0.25) is 11.8 Å². The number of β-lactam (4-membered cyclic amide) rings is 1. The fraction of sp³-hybridized carbons (Fsp3) is 0.857. The van der Waals surface area contributed by atoms with Gasteiger partial charge in [-0.2, -0.15) is 0 Å². The Morgan fingerprint density at radius 2 is 1.93 bits per heavy atom. The van der Waals surface area contributed by atoms with Crippen molar-refractivity contribution in [1.29, 1.82) is 0 Å². The maximum atomic E-state index is 13.8. The van der Waals surface area contributed by atoms with E-state index in [0.29, 0.717) is 19.1 Å². The van der Waals surface area contributed by atoms with Crippen LogP contribution in [0, 0.1) is 17.3 Å². The summed E-state index contributed by atoms with van der Waals surface area (Å²) in [5.74, 6) is -0.185. The van der Waals surface area contributed by atoms with Crippen LogP contribution in [0.3, 0.4) is 0 Å². The lowest BCUT2D eigenvalue weighted by Crippen LogP contribution is -2.80. The quantitative estimate of drug-likeness (QED) is 0.578. The number of nitrogens with zero attached hydrogens (tertiary/aromatic N) is 2. The highest BCUT2D eigenvalue weighted by Gasteiger charge is 2.60. The third-order valence-corrected chi connectivity index (χ3v) is 6.90. The van der Waals surface area contributed by atoms with E-state index in [1.807, 2.05) is 34.6 Å². The van der Waals surface area contributed by atoms with E-state index in [0.717, 1.165) is 19.3 Å².